The van der Waals surface area contributed by atoms with E-state index in [1.54, 1.807) is 42.5 Å². The highest BCUT2D eigenvalue weighted by Gasteiger charge is 2.69. The molecule has 0 saturated heterocycles. The molecule has 0 spiro atoms. The Morgan fingerprint density at radius 3 is 2.33 bits per heavy atom. The Labute approximate surface area is 141 Å². The van der Waals surface area contributed by atoms with E-state index in [4.69, 9.17) is 10.5 Å². The van der Waals surface area contributed by atoms with Gasteiger partial charge in [0.25, 0.3) is 0 Å². The van der Waals surface area contributed by atoms with Crippen molar-refractivity contribution in [1.29, 1.82) is 0 Å². The summed E-state index contributed by atoms with van der Waals surface area (Å²) >= 11 is 0. The molecule has 2 N–H and O–H groups in total. The van der Waals surface area contributed by atoms with Crippen molar-refractivity contribution < 1.29 is 17.5 Å². The molecule has 0 radical (unpaired) electrons. The average Bonchev–Trinajstić information content (AvgIpc) is 3.21. The highest BCUT2D eigenvalue weighted by molar-refractivity contribution is 7.92. The van der Waals surface area contributed by atoms with Crippen molar-refractivity contribution in [2.45, 2.75) is 28.5 Å². The van der Waals surface area contributed by atoms with Gasteiger partial charge in [0.2, 0.25) is 0 Å². The lowest BCUT2D eigenvalue weighted by Crippen LogP contribution is -2.36. The fraction of sp³-hybridized carbons (Fsp3) is 0.333. The second-order valence-electron chi connectivity index (χ2n) is 6.06. The van der Waals surface area contributed by atoms with Gasteiger partial charge in [-0.25, -0.2) is 12.8 Å². The average molecular weight is 349 g/mol. The summed E-state index contributed by atoms with van der Waals surface area (Å²) in [6.45, 7) is 2.43. The highest BCUT2D eigenvalue weighted by Crippen LogP contribution is 2.55. The van der Waals surface area contributed by atoms with Gasteiger partial charge < -0.3 is 10.5 Å². The van der Waals surface area contributed by atoms with Crippen LogP contribution < -0.4 is 5.73 Å². The Hall–Kier alpha value is -1.76. The quantitative estimate of drug-likeness (QED) is 0.870. The largest absolute Gasteiger partial charge is 0.380 e. The number of ether oxygens (including phenoxy) is 1. The van der Waals surface area contributed by atoms with Crippen LogP contribution >= 0.6 is 0 Å². The van der Waals surface area contributed by atoms with Gasteiger partial charge in [-0.15, -0.1) is 0 Å². The van der Waals surface area contributed by atoms with E-state index in [0.29, 0.717) is 12.2 Å². The minimum atomic E-state index is -3.61. The van der Waals surface area contributed by atoms with Crippen LogP contribution in [0.15, 0.2) is 59.5 Å². The molecule has 0 aromatic heterocycles. The van der Waals surface area contributed by atoms with Gasteiger partial charge >= 0.3 is 0 Å². The van der Waals surface area contributed by atoms with Crippen LogP contribution in [-0.4, -0.2) is 32.4 Å². The molecule has 3 atom stereocenters. The van der Waals surface area contributed by atoms with Gasteiger partial charge in [-0.1, -0.05) is 30.3 Å². The van der Waals surface area contributed by atoms with E-state index in [1.165, 1.54) is 12.1 Å². The molecule has 2 aromatic rings. The second-order valence-corrected chi connectivity index (χ2v) is 8.13. The van der Waals surface area contributed by atoms with E-state index in [0.717, 1.165) is 0 Å². The number of halogens is 1. The zero-order chi connectivity index (χ0) is 17.4. The monoisotopic (exact) mass is 349 g/mol. The molecule has 4 nitrogen and oxygen atoms in total. The van der Waals surface area contributed by atoms with E-state index >= 15 is 0 Å². The standard InChI is InChI=1S/C18H20FNO3S/c1-2-23-12-18(20)16(13-8-10-14(19)11-9-13)17(18)24(21,22)15-6-4-3-5-7-15/h3-11,16-17H,2,12,20H2,1H3/t16-,17+,18+/m1/s1. The molecule has 1 aliphatic carbocycles. The van der Waals surface area contributed by atoms with Crippen LogP contribution in [0.3, 0.4) is 0 Å². The molecule has 3 rings (SSSR count). The summed E-state index contributed by atoms with van der Waals surface area (Å²) < 4.78 is 44.6. The summed E-state index contributed by atoms with van der Waals surface area (Å²) in [6, 6.07) is 14.1. The van der Waals surface area contributed by atoms with E-state index < -0.39 is 26.5 Å². The molecule has 0 amide bonds. The summed E-state index contributed by atoms with van der Waals surface area (Å²) in [5, 5.41) is -0.788. The molecule has 6 heteroatoms. The molecule has 0 bridgehead atoms. The molecule has 2 aromatic carbocycles. The van der Waals surface area contributed by atoms with Gasteiger partial charge in [0, 0.05) is 12.5 Å². The Kier molecular flexibility index (Phi) is 4.46. The van der Waals surface area contributed by atoms with E-state index in [2.05, 4.69) is 0 Å². The third-order valence-corrected chi connectivity index (χ3v) is 6.80. The van der Waals surface area contributed by atoms with Crippen LogP contribution in [0, 0.1) is 5.82 Å². The number of nitrogens with two attached hydrogens (primary N) is 1. The first kappa shape index (κ1) is 17.1. The normalized spacial score (nSPS) is 26.3. The molecule has 24 heavy (non-hydrogen) atoms. The fourth-order valence-corrected chi connectivity index (χ4v) is 5.57. The third kappa shape index (κ3) is 2.85. The van der Waals surface area contributed by atoms with Crippen molar-refractivity contribution in [2.24, 2.45) is 5.73 Å². The van der Waals surface area contributed by atoms with Crippen molar-refractivity contribution in [3.05, 3.63) is 66.0 Å². The predicted molar refractivity (Wildman–Crippen MR) is 90.0 cm³/mol. The molecular formula is C18H20FNO3S. The van der Waals surface area contributed by atoms with Gasteiger partial charge in [0.1, 0.15) is 5.82 Å². The zero-order valence-electron chi connectivity index (χ0n) is 13.4. The number of rotatable bonds is 6. The van der Waals surface area contributed by atoms with Crippen LogP contribution in [0.25, 0.3) is 0 Å². The second kappa shape index (κ2) is 6.27. The van der Waals surface area contributed by atoms with Crippen molar-refractivity contribution >= 4 is 9.84 Å². The van der Waals surface area contributed by atoms with Crippen LogP contribution in [-0.2, 0) is 14.6 Å². The van der Waals surface area contributed by atoms with Crippen LogP contribution in [0.2, 0.25) is 0 Å². The molecular weight excluding hydrogens is 329 g/mol. The number of hydrogen-bond acceptors (Lipinski definition) is 4. The van der Waals surface area contributed by atoms with Crippen molar-refractivity contribution in [3.8, 4) is 0 Å². The van der Waals surface area contributed by atoms with Gasteiger partial charge in [-0.05, 0) is 36.8 Å². The smallest absolute Gasteiger partial charge is 0.183 e. The molecule has 0 aliphatic heterocycles. The summed E-state index contributed by atoms with van der Waals surface area (Å²) in [5.41, 5.74) is 6.12. The molecule has 1 saturated carbocycles. The van der Waals surface area contributed by atoms with Crippen molar-refractivity contribution in [2.75, 3.05) is 13.2 Å². The third-order valence-electron chi connectivity index (χ3n) is 4.49. The van der Waals surface area contributed by atoms with Crippen LogP contribution in [0.5, 0.6) is 0 Å². The lowest BCUT2D eigenvalue weighted by Gasteiger charge is -2.12. The maximum Gasteiger partial charge on any atom is 0.183 e. The SMILES string of the molecule is CCOC[C@]1(N)[C@H](c2ccc(F)cc2)[C@@H]1S(=O)(=O)c1ccccc1. The molecule has 128 valence electrons. The van der Waals surface area contributed by atoms with E-state index in [9.17, 15) is 12.8 Å². The molecule has 1 aliphatic rings. The summed E-state index contributed by atoms with van der Waals surface area (Å²) in [5.74, 6) is -0.788. The maximum atomic E-state index is 13.2. The molecule has 0 unspecified atom stereocenters. The van der Waals surface area contributed by atoms with Crippen LogP contribution in [0.4, 0.5) is 4.39 Å². The summed E-state index contributed by atoms with van der Waals surface area (Å²) in [6.07, 6.45) is 0. The molecule has 1 fully saturated rings. The lowest BCUT2D eigenvalue weighted by atomic mass is 10.1. The number of benzene rings is 2. The van der Waals surface area contributed by atoms with Gasteiger partial charge in [0.05, 0.1) is 22.3 Å². The van der Waals surface area contributed by atoms with E-state index in [-0.39, 0.29) is 17.3 Å². The minimum absolute atomic E-state index is 0.141. The first-order valence-corrected chi connectivity index (χ1v) is 9.37. The Bertz CT molecular complexity index is 808. The maximum absolute atomic E-state index is 13.2. The summed E-state index contributed by atoms with van der Waals surface area (Å²) in [4.78, 5) is 0.242. The first-order chi connectivity index (χ1) is 11.4. The van der Waals surface area contributed by atoms with Crippen LogP contribution in [0.1, 0.15) is 18.4 Å². The van der Waals surface area contributed by atoms with Crippen molar-refractivity contribution in [3.63, 3.8) is 0 Å². The Morgan fingerprint density at radius 2 is 1.75 bits per heavy atom. The number of hydrogen-bond donors (Lipinski definition) is 1. The Balaban J connectivity index is 1.99. The highest BCUT2D eigenvalue weighted by atomic mass is 32.2. The fourth-order valence-electron chi connectivity index (χ4n) is 3.25. The van der Waals surface area contributed by atoms with Gasteiger partial charge in [-0.2, -0.15) is 0 Å². The van der Waals surface area contributed by atoms with E-state index in [1.807, 2.05) is 6.92 Å². The minimum Gasteiger partial charge on any atom is -0.380 e. The topological polar surface area (TPSA) is 69.4 Å². The van der Waals surface area contributed by atoms with Gasteiger partial charge in [0.15, 0.2) is 9.84 Å². The zero-order valence-corrected chi connectivity index (χ0v) is 14.2. The van der Waals surface area contributed by atoms with Crippen molar-refractivity contribution in [1.82, 2.24) is 0 Å². The predicted octanol–water partition coefficient (Wildman–Crippen LogP) is 2.50. The lowest BCUT2D eigenvalue weighted by molar-refractivity contribution is 0.125. The Morgan fingerprint density at radius 1 is 1.12 bits per heavy atom. The summed E-state index contributed by atoms with van der Waals surface area (Å²) in [7, 11) is -3.61. The number of sulfone groups is 1. The van der Waals surface area contributed by atoms with Gasteiger partial charge in [-0.3, -0.25) is 0 Å². The molecule has 0 heterocycles. The first-order valence-electron chi connectivity index (χ1n) is 7.82.